The highest BCUT2D eigenvalue weighted by molar-refractivity contribution is 5.99. The van der Waals surface area contributed by atoms with E-state index in [0.717, 1.165) is 39.4 Å². The summed E-state index contributed by atoms with van der Waals surface area (Å²) in [7, 11) is 0. The highest BCUT2D eigenvalue weighted by Gasteiger charge is 2.12. The lowest BCUT2D eigenvalue weighted by atomic mass is 10.1. The minimum absolute atomic E-state index is 0.0871. The summed E-state index contributed by atoms with van der Waals surface area (Å²) in [6.45, 7) is 4.60. The van der Waals surface area contributed by atoms with Crippen molar-refractivity contribution in [3.05, 3.63) is 102 Å². The van der Waals surface area contributed by atoms with Crippen LogP contribution in [-0.2, 0) is 6.54 Å². The Kier molecular flexibility index (Phi) is 6.23. The van der Waals surface area contributed by atoms with E-state index in [2.05, 4.69) is 40.1 Å². The summed E-state index contributed by atoms with van der Waals surface area (Å²) >= 11 is 0. The second-order valence-electron chi connectivity index (χ2n) is 8.59. The van der Waals surface area contributed by atoms with Crippen LogP contribution in [0.1, 0.15) is 16.7 Å². The van der Waals surface area contributed by atoms with Crippen LogP contribution in [0.3, 0.4) is 0 Å². The van der Waals surface area contributed by atoms with E-state index in [1.54, 1.807) is 18.2 Å². The highest BCUT2D eigenvalue weighted by atomic mass is 16.3. The van der Waals surface area contributed by atoms with Gasteiger partial charge in [-0.25, -0.2) is 9.78 Å². The maximum absolute atomic E-state index is 12.4. The molecular formula is C28H26N6O2. The Bertz CT molecular complexity index is 1560. The molecule has 0 aliphatic carbocycles. The van der Waals surface area contributed by atoms with Crippen molar-refractivity contribution in [2.75, 3.05) is 16.0 Å². The van der Waals surface area contributed by atoms with Crippen molar-refractivity contribution in [3.63, 3.8) is 0 Å². The summed E-state index contributed by atoms with van der Waals surface area (Å²) in [5, 5.41) is 23.1. The van der Waals surface area contributed by atoms with Crippen molar-refractivity contribution in [3.8, 4) is 17.0 Å². The topological polar surface area (TPSA) is 104 Å². The molecule has 0 fully saturated rings. The van der Waals surface area contributed by atoms with Crippen LogP contribution in [0.15, 0.2) is 85.1 Å². The first-order valence-corrected chi connectivity index (χ1v) is 11.6. The molecule has 180 valence electrons. The average molecular weight is 479 g/mol. The molecule has 0 spiro atoms. The summed E-state index contributed by atoms with van der Waals surface area (Å²) < 4.78 is 1.81. The zero-order valence-electron chi connectivity index (χ0n) is 20.0. The first kappa shape index (κ1) is 22.9. The minimum atomic E-state index is -0.392. The molecule has 36 heavy (non-hydrogen) atoms. The fraction of sp³-hybridized carbons (Fsp3) is 0.107. The molecule has 2 amide bonds. The zero-order chi connectivity index (χ0) is 25.1. The van der Waals surface area contributed by atoms with Gasteiger partial charge in [-0.05, 0) is 49.2 Å². The van der Waals surface area contributed by atoms with E-state index >= 15 is 0 Å². The van der Waals surface area contributed by atoms with Crippen LogP contribution in [0.5, 0.6) is 5.75 Å². The molecular weight excluding hydrogens is 452 g/mol. The number of carbonyl (C=O) groups excluding carboxylic acids is 1. The fourth-order valence-electron chi connectivity index (χ4n) is 4.03. The van der Waals surface area contributed by atoms with Crippen molar-refractivity contribution < 1.29 is 9.90 Å². The van der Waals surface area contributed by atoms with Gasteiger partial charge in [-0.3, -0.25) is 0 Å². The second kappa shape index (κ2) is 9.79. The van der Waals surface area contributed by atoms with Gasteiger partial charge in [0.15, 0.2) is 5.65 Å². The highest BCUT2D eigenvalue weighted by Crippen LogP contribution is 2.26. The summed E-state index contributed by atoms with van der Waals surface area (Å²) in [6.07, 6.45) is 1.81. The van der Waals surface area contributed by atoms with E-state index < -0.39 is 6.03 Å². The van der Waals surface area contributed by atoms with Crippen molar-refractivity contribution in [1.82, 2.24) is 14.6 Å². The van der Waals surface area contributed by atoms with Gasteiger partial charge >= 0.3 is 6.03 Å². The molecule has 0 unspecified atom stereocenters. The van der Waals surface area contributed by atoms with Crippen LogP contribution in [0.2, 0.25) is 0 Å². The maximum Gasteiger partial charge on any atom is 0.323 e. The maximum atomic E-state index is 12.4. The second-order valence-corrected chi connectivity index (χ2v) is 8.59. The molecule has 0 atom stereocenters. The number of rotatable bonds is 6. The van der Waals surface area contributed by atoms with Crippen molar-refractivity contribution in [2.45, 2.75) is 20.4 Å². The van der Waals surface area contributed by atoms with E-state index in [1.807, 2.05) is 60.1 Å². The molecule has 0 aliphatic rings. The van der Waals surface area contributed by atoms with E-state index in [0.29, 0.717) is 17.9 Å². The number of hydrogen-bond donors (Lipinski definition) is 4. The lowest BCUT2D eigenvalue weighted by molar-refractivity contribution is 0.262. The number of fused-ring (bicyclic) bond motifs is 1. The van der Waals surface area contributed by atoms with Crippen molar-refractivity contribution in [2.24, 2.45) is 0 Å². The van der Waals surface area contributed by atoms with Gasteiger partial charge in [0.25, 0.3) is 0 Å². The van der Waals surface area contributed by atoms with Gasteiger partial charge in [-0.1, -0.05) is 42.5 Å². The largest absolute Gasteiger partial charge is 0.508 e. The molecule has 8 heteroatoms. The average Bonchev–Trinajstić information content (AvgIpc) is 3.24. The van der Waals surface area contributed by atoms with E-state index in [1.165, 1.54) is 6.07 Å². The Balaban J connectivity index is 1.34. The summed E-state index contributed by atoms with van der Waals surface area (Å²) in [5.41, 5.74) is 7.05. The van der Waals surface area contributed by atoms with Crippen molar-refractivity contribution >= 4 is 28.9 Å². The van der Waals surface area contributed by atoms with Crippen LogP contribution >= 0.6 is 0 Å². The SMILES string of the molecule is Cc1ccccc1-c1cc(NCc2cccc(NC(=O)Nc3cccc(O)c3)c2)n2ncc(C)c2n1. The minimum Gasteiger partial charge on any atom is -0.508 e. The fourth-order valence-corrected chi connectivity index (χ4v) is 4.03. The molecule has 3 aromatic carbocycles. The smallest absolute Gasteiger partial charge is 0.323 e. The quantitative estimate of drug-likeness (QED) is 0.241. The molecule has 5 rings (SSSR count). The first-order chi connectivity index (χ1) is 17.5. The number of amides is 2. The number of hydrogen-bond acceptors (Lipinski definition) is 5. The number of urea groups is 1. The zero-order valence-corrected chi connectivity index (χ0v) is 20.0. The summed E-state index contributed by atoms with van der Waals surface area (Å²) in [5.74, 6) is 0.912. The molecule has 5 aromatic rings. The number of nitrogens with one attached hydrogen (secondary N) is 3. The third-order valence-corrected chi connectivity index (χ3v) is 5.83. The van der Waals surface area contributed by atoms with Crippen molar-refractivity contribution in [1.29, 1.82) is 0 Å². The molecule has 8 nitrogen and oxygen atoms in total. The van der Waals surface area contributed by atoms with E-state index in [9.17, 15) is 9.90 Å². The van der Waals surface area contributed by atoms with Gasteiger partial charge in [0.2, 0.25) is 0 Å². The molecule has 4 N–H and O–H groups in total. The number of phenols is 1. The Hall–Kier alpha value is -4.85. The number of aryl methyl sites for hydroxylation is 2. The van der Waals surface area contributed by atoms with Gasteiger partial charge in [0, 0.05) is 41.2 Å². The first-order valence-electron chi connectivity index (χ1n) is 11.6. The normalized spacial score (nSPS) is 10.8. The van der Waals surface area contributed by atoms with Gasteiger partial charge in [0.1, 0.15) is 11.6 Å². The Morgan fingerprint density at radius 1 is 0.889 bits per heavy atom. The lowest BCUT2D eigenvalue weighted by Crippen LogP contribution is -2.19. The third kappa shape index (κ3) is 4.97. The Morgan fingerprint density at radius 2 is 1.64 bits per heavy atom. The Labute approximate surface area is 208 Å². The molecule has 0 saturated carbocycles. The summed E-state index contributed by atoms with van der Waals surface area (Å²) in [6, 6.07) is 23.8. The number of aromatic nitrogens is 3. The summed E-state index contributed by atoms with van der Waals surface area (Å²) in [4.78, 5) is 17.3. The van der Waals surface area contributed by atoms with Crippen LogP contribution in [0, 0.1) is 13.8 Å². The standard InChI is InChI=1S/C28H26N6O2/c1-18-7-3-4-12-24(18)25-15-26(34-27(33-25)19(2)16-30-34)29-17-20-8-5-9-21(13-20)31-28(36)32-22-10-6-11-23(35)14-22/h3-16,29,35H,17H2,1-2H3,(H2,31,32,36). The third-order valence-electron chi connectivity index (χ3n) is 5.83. The molecule has 0 aliphatic heterocycles. The van der Waals surface area contributed by atoms with Crippen LogP contribution in [0.4, 0.5) is 22.0 Å². The van der Waals surface area contributed by atoms with E-state index in [4.69, 9.17) is 4.98 Å². The van der Waals surface area contributed by atoms with Gasteiger partial charge in [-0.15, -0.1) is 0 Å². The van der Waals surface area contributed by atoms with Crippen LogP contribution < -0.4 is 16.0 Å². The van der Waals surface area contributed by atoms with Crippen LogP contribution in [-0.4, -0.2) is 25.7 Å². The Morgan fingerprint density at radius 3 is 2.42 bits per heavy atom. The molecule has 0 saturated heterocycles. The van der Waals surface area contributed by atoms with E-state index in [-0.39, 0.29) is 5.75 Å². The van der Waals surface area contributed by atoms with Gasteiger partial charge in [0.05, 0.1) is 11.9 Å². The van der Waals surface area contributed by atoms with Crippen LogP contribution in [0.25, 0.3) is 16.9 Å². The number of carbonyl (C=O) groups is 1. The predicted octanol–water partition coefficient (Wildman–Crippen LogP) is 5.97. The molecule has 2 heterocycles. The molecule has 0 radical (unpaired) electrons. The number of phenolic OH excluding ortho intramolecular Hbond substituents is 1. The molecule has 0 bridgehead atoms. The van der Waals surface area contributed by atoms with Gasteiger partial charge < -0.3 is 21.1 Å². The monoisotopic (exact) mass is 478 g/mol. The number of benzene rings is 3. The molecule has 2 aromatic heterocycles. The lowest BCUT2D eigenvalue weighted by Gasteiger charge is -2.13. The number of nitrogens with zero attached hydrogens (tertiary/aromatic N) is 3. The number of aromatic hydroxyl groups is 1. The predicted molar refractivity (Wildman–Crippen MR) is 142 cm³/mol. The number of anilines is 3. The van der Waals surface area contributed by atoms with Gasteiger partial charge in [-0.2, -0.15) is 9.61 Å².